The van der Waals surface area contributed by atoms with Gasteiger partial charge < -0.3 is 19.1 Å². The molecule has 7 heteroatoms. The molecule has 0 saturated carbocycles. The van der Waals surface area contributed by atoms with Crippen molar-refractivity contribution in [2.45, 2.75) is 40.2 Å². The van der Waals surface area contributed by atoms with Gasteiger partial charge in [-0.25, -0.2) is 0 Å². The Morgan fingerprint density at radius 1 is 1.21 bits per heavy atom. The molecule has 2 aromatic rings. The number of carbonyl (C=O) groups excluding carboxylic acids is 2. The Kier molecular flexibility index (Phi) is 5.72. The van der Waals surface area contributed by atoms with Gasteiger partial charge in [-0.2, -0.15) is 0 Å². The fourth-order valence-corrected chi connectivity index (χ4v) is 3.80. The van der Waals surface area contributed by atoms with Gasteiger partial charge in [0.1, 0.15) is 12.0 Å². The van der Waals surface area contributed by atoms with E-state index < -0.39 is 0 Å². The average molecular weight is 385 g/mol. The van der Waals surface area contributed by atoms with Crippen LogP contribution in [0.4, 0.5) is 0 Å². The number of aromatic nitrogens is 1. The van der Waals surface area contributed by atoms with Crippen LogP contribution in [0.1, 0.15) is 39.7 Å². The number of amides is 2. The van der Waals surface area contributed by atoms with Crippen LogP contribution < -0.4 is 4.74 Å². The third kappa shape index (κ3) is 3.88. The molecule has 0 aliphatic carbocycles. The van der Waals surface area contributed by atoms with Crippen LogP contribution in [0.5, 0.6) is 5.75 Å². The van der Waals surface area contributed by atoms with Crippen LogP contribution in [0.15, 0.2) is 22.9 Å². The van der Waals surface area contributed by atoms with E-state index in [1.165, 1.54) is 6.26 Å². The minimum absolute atomic E-state index is 0.0108. The highest BCUT2D eigenvalue weighted by Crippen LogP contribution is 2.26. The highest BCUT2D eigenvalue weighted by Gasteiger charge is 2.31. The lowest BCUT2D eigenvalue weighted by Gasteiger charge is -2.40. The Morgan fingerprint density at radius 3 is 2.43 bits per heavy atom. The second-order valence-corrected chi connectivity index (χ2v) is 7.43. The molecule has 1 saturated heterocycles. The molecule has 150 valence electrons. The molecule has 0 radical (unpaired) electrons. The summed E-state index contributed by atoms with van der Waals surface area (Å²) in [6.45, 7) is 9.23. The van der Waals surface area contributed by atoms with Crippen molar-refractivity contribution in [3.05, 3.63) is 46.3 Å². The first-order valence-electron chi connectivity index (χ1n) is 9.45. The van der Waals surface area contributed by atoms with Crippen molar-refractivity contribution in [2.24, 2.45) is 0 Å². The Labute approximate surface area is 165 Å². The lowest BCUT2D eigenvalue weighted by atomic mass is 10.0. The summed E-state index contributed by atoms with van der Waals surface area (Å²) in [4.78, 5) is 29.3. The van der Waals surface area contributed by atoms with Gasteiger partial charge in [0, 0.05) is 36.8 Å². The van der Waals surface area contributed by atoms with Crippen LogP contribution in [0, 0.1) is 20.8 Å². The molecule has 0 unspecified atom stereocenters. The molecule has 2 amide bonds. The summed E-state index contributed by atoms with van der Waals surface area (Å²) in [5.41, 5.74) is 4.08. The first kappa shape index (κ1) is 19.9. The van der Waals surface area contributed by atoms with Crippen molar-refractivity contribution in [3.8, 4) is 5.75 Å². The standard InChI is InChI=1S/C21H27N3O4/c1-13-8-17(9-14(2)20(13)27-5)21(26)24-7-6-23(11-15(24)3)19(25)10-18-12-28-22-16(18)4/h8-9,12,15H,6-7,10-11H2,1-5H3/t15-/m1/s1. The molecule has 1 aromatic heterocycles. The molecule has 28 heavy (non-hydrogen) atoms. The van der Waals surface area contributed by atoms with E-state index in [1.807, 2.05) is 49.6 Å². The quantitative estimate of drug-likeness (QED) is 0.808. The molecule has 7 nitrogen and oxygen atoms in total. The SMILES string of the molecule is COc1c(C)cc(C(=O)N2CCN(C(=O)Cc3conc3C)C[C@H]2C)cc1C. The Bertz CT molecular complexity index is 867. The number of carbonyl (C=O) groups is 2. The molecule has 1 aliphatic heterocycles. The zero-order valence-corrected chi connectivity index (χ0v) is 17.1. The van der Waals surface area contributed by atoms with Crippen LogP contribution in [0.25, 0.3) is 0 Å². The first-order chi connectivity index (χ1) is 13.3. The van der Waals surface area contributed by atoms with E-state index >= 15 is 0 Å². The predicted octanol–water partition coefficient (Wildman–Crippen LogP) is 2.52. The van der Waals surface area contributed by atoms with E-state index in [1.54, 1.807) is 7.11 Å². The first-order valence-corrected chi connectivity index (χ1v) is 9.45. The molecule has 1 fully saturated rings. The highest BCUT2D eigenvalue weighted by molar-refractivity contribution is 5.95. The normalized spacial score (nSPS) is 17.0. The Morgan fingerprint density at radius 2 is 1.89 bits per heavy atom. The van der Waals surface area contributed by atoms with Crippen LogP contribution >= 0.6 is 0 Å². The number of ether oxygens (including phenoxy) is 1. The minimum atomic E-state index is -0.0588. The lowest BCUT2D eigenvalue weighted by Crippen LogP contribution is -2.55. The van der Waals surface area contributed by atoms with Crippen molar-refractivity contribution < 1.29 is 18.8 Å². The van der Waals surface area contributed by atoms with Gasteiger partial charge in [0.05, 0.1) is 19.2 Å². The maximum absolute atomic E-state index is 13.1. The fourth-order valence-electron chi connectivity index (χ4n) is 3.80. The molecule has 0 bridgehead atoms. The van der Waals surface area contributed by atoms with E-state index in [-0.39, 0.29) is 24.3 Å². The maximum Gasteiger partial charge on any atom is 0.254 e. The number of hydrogen-bond donors (Lipinski definition) is 0. The monoisotopic (exact) mass is 385 g/mol. The smallest absolute Gasteiger partial charge is 0.254 e. The molecule has 1 aromatic carbocycles. The zero-order chi connectivity index (χ0) is 20.4. The number of nitrogens with zero attached hydrogens (tertiary/aromatic N) is 3. The lowest BCUT2D eigenvalue weighted by molar-refractivity contribution is -0.132. The molecule has 2 heterocycles. The third-order valence-electron chi connectivity index (χ3n) is 5.34. The number of hydrogen-bond acceptors (Lipinski definition) is 5. The Balaban J connectivity index is 1.67. The van der Waals surface area contributed by atoms with Gasteiger partial charge in [0.25, 0.3) is 5.91 Å². The molecule has 1 atom stereocenters. The summed E-state index contributed by atoms with van der Waals surface area (Å²) in [5, 5.41) is 3.82. The van der Waals surface area contributed by atoms with Gasteiger partial charge in [0.2, 0.25) is 5.91 Å². The number of rotatable bonds is 4. The van der Waals surface area contributed by atoms with E-state index in [4.69, 9.17) is 9.26 Å². The highest BCUT2D eigenvalue weighted by atomic mass is 16.5. The third-order valence-corrected chi connectivity index (χ3v) is 5.34. The molecule has 0 N–H and O–H groups in total. The topological polar surface area (TPSA) is 75.9 Å². The van der Waals surface area contributed by atoms with Gasteiger partial charge in [-0.15, -0.1) is 0 Å². The van der Waals surface area contributed by atoms with Gasteiger partial charge in [-0.1, -0.05) is 5.16 Å². The molecule has 3 rings (SSSR count). The summed E-state index contributed by atoms with van der Waals surface area (Å²) >= 11 is 0. The molecule has 1 aliphatic rings. The van der Waals surface area contributed by atoms with Crippen LogP contribution in [-0.4, -0.2) is 59.6 Å². The van der Waals surface area contributed by atoms with E-state index in [2.05, 4.69) is 5.16 Å². The van der Waals surface area contributed by atoms with Crippen molar-refractivity contribution in [3.63, 3.8) is 0 Å². The van der Waals surface area contributed by atoms with Crippen LogP contribution in [-0.2, 0) is 11.2 Å². The van der Waals surface area contributed by atoms with Gasteiger partial charge in [-0.3, -0.25) is 9.59 Å². The molecule has 0 spiro atoms. The van der Waals surface area contributed by atoms with Gasteiger partial charge in [0.15, 0.2) is 0 Å². The number of benzene rings is 1. The zero-order valence-electron chi connectivity index (χ0n) is 17.1. The van der Waals surface area contributed by atoms with E-state index in [0.717, 1.165) is 28.1 Å². The molecular weight excluding hydrogens is 358 g/mol. The van der Waals surface area contributed by atoms with E-state index in [0.29, 0.717) is 25.2 Å². The van der Waals surface area contributed by atoms with Crippen molar-refractivity contribution >= 4 is 11.8 Å². The number of aryl methyl sites for hydroxylation is 3. The van der Waals surface area contributed by atoms with E-state index in [9.17, 15) is 9.59 Å². The van der Waals surface area contributed by atoms with Crippen LogP contribution in [0.2, 0.25) is 0 Å². The summed E-state index contributed by atoms with van der Waals surface area (Å²) in [5.74, 6) is 0.828. The summed E-state index contributed by atoms with van der Waals surface area (Å²) < 4.78 is 10.3. The summed E-state index contributed by atoms with van der Waals surface area (Å²) in [6, 6.07) is 3.68. The fraction of sp³-hybridized carbons (Fsp3) is 0.476. The molecular formula is C21H27N3O4. The Hall–Kier alpha value is -2.83. The van der Waals surface area contributed by atoms with Crippen LogP contribution in [0.3, 0.4) is 0 Å². The number of methoxy groups -OCH3 is 1. The second kappa shape index (κ2) is 8.04. The number of piperazine rings is 1. The average Bonchev–Trinajstić information content (AvgIpc) is 3.05. The van der Waals surface area contributed by atoms with Gasteiger partial charge >= 0.3 is 0 Å². The summed E-state index contributed by atoms with van der Waals surface area (Å²) in [7, 11) is 1.64. The summed E-state index contributed by atoms with van der Waals surface area (Å²) in [6.07, 6.45) is 1.79. The van der Waals surface area contributed by atoms with Crippen molar-refractivity contribution in [1.82, 2.24) is 15.0 Å². The predicted molar refractivity (Wildman–Crippen MR) is 104 cm³/mol. The largest absolute Gasteiger partial charge is 0.496 e. The maximum atomic E-state index is 13.1. The van der Waals surface area contributed by atoms with Gasteiger partial charge in [-0.05, 0) is 51.0 Å². The van der Waals surface area contributed by atoms with Crippen molar-refractivity contribution in [1.29, 1.82) is 0 Å². The second-order valence-electron chi connectivity index (χ2n) is 7.43. The minimum Gasteiger partial charge on any atom is -0.496 e. The van der Waals surface area contributed by atoms with Crippen molar-refractivity contribution in [2.75, 3.05) is 26.7 Å².